The van der Waals surface area contributed by atoms with Gasteiger partial charge in [0.15, 0.2) is 5.58 Å². The Morgan fingerprint density at radius 3 is 2.60 bits per heavy atom. The van der Waals surface area contributed by atoms with Crippen LogP contribution in [-0.4, -0.2) is 23.0 Å². The lowest BCUT2D eigenvalue weighted by Crippen LogP contribution is -2.22. The smallest absolute Gasteiger partial charge is 0.209 e. The summed E-state index contributed by atoms with van der Waals surface area (Å²) in [6.07, 6.45) is 0. The molecule has 15 heavy (non-hydrogen) atoms. The highest BCUT2D eigenvalue weighted by molar-refractivity contribution is 5.72. The molecule has 0 N–H and O–H groups in total. The molecule has 0 saturated heterocycles. The van der Waals surface area contributed by atoms with Gasteiger partial charge < -0.3 is 4.42 Å². The molecular weight excluding hydrogens is 188 g/mol. The van der Waals surface area contributed by atoms with Crippen molar-refractivity contribution < 1.29 is 4.42 Å². The zero-order chi connectivity index (χ0) is 10.7. The van der Waals surface area contributed by atoms with E-state index >= 15 is 0 Å². The average Bonchev–Trinajstić information content (AvgIpc) is 2.68. The van der Waals surface area contributed by atoms with Gasteiger partial charge in [-0.3, -0.25) is 4.90 Å². The molecule has 0 spiro atoms. The van der Waals surface area contributed by atoms with Crippen LogP contribution in [0.1, 0.15) is 19.7 Å². The molecule has 1 aromatic heterocycles. The minimum absolute atomic E-state index is 0.793. The highest BCUT2D eigenvalue weighted by atomic mass is 16.3. The van der Waals surface area contributed by atoms with Crippen LogP contribution in [0.4, 0.5) is 0 Å². The molecule has 0 atom stereocenters. The monoisotopic (exact) mass is 204 g/mol. The number of nitrogens with zero attached hydrogens (tertiary/aromatic N) is 2. The summed E-state index contributed by atoms with van der Waals surface area (Å²) in [6.45, 7) is 7.13. The van der Waals surface area contributed by atoms with Crippen molar-refractivity contribution in [1.29, 1.82) is 0 Å². The lowest BCUT2D eigenvalue weighted by atomic mass is 10.3. The average molecular weight is 204 g/mol. The van der Waals surface area contributed by atoms with Crippen LogP contribution in [0.3, 0.4) is 0 Å². The molecule has 3 nitrogen and oxygen atoms in total. The Hall–Kier alpha value is -1.35. The number of benzene rings is 1. The van der Waals surface area contributed by atoms with Gasteiger partial charge in [0.05, 0.1) is 6.54 Å². The van der Waals surface area contributed by atoms with Gasteiger partial charge in [-0.25, -0.2) is 4.98 Å². The predicted octanol–water partition coefficient (Wildman–Crippen LogP) is 2.67. The molecule has 0 aliphatic heterocycles. The van der Waals surface area contributed by atoms with Crippen molar-refractivity contribution in [3.05, 3.63) is 30.2 Å². The van der Waals surface area contributed by atoms with E-state index in [0.29, 0.717) is 0 Å². The third kappa shape index (κ3) is 2.18. The largest absolute Gasteiger partial charge is 0.439 e. The van der Waals surface area contributed by atoms with Gasteiger partial charge in [-0.1, -0.05) is 26.0 Å². The molecule has 80 valence electrons. The Balaban J connectivity index is 2.21. The summed E-state index contributed by atoms with van der Waals surface area (Å²) in [5.74, 6) is 0.805. The zero-order valence-electron chi connectivity index (χ0n) is 9.23. The highest BCUT2D eigenvalue weighted by Crippen LogP contribution is 2.15. The van der Waals surface area contributed by atoms with E-state index in [4.69, 9.17) is 4.42 Å². The maximum atomic E-state index is 5.65. The topological polar surface area (TPSA) is 29.3 Å². The van der Waals surface area contributed by atoms with Crippen molar-refractivity contribution in [2.75, 3.05) is 13.1 Å². The maximum absolute atomic E-state index is 5.65. The van der Waals surface area contributed by atoms with Crippen molar-refractivity contribution in [2.24, 2.45) is 0 Å². The minimum atomic E-state index is 0.793. The van der Waals surface area contributed by atoms with E-state index in [9.17, 15) is 0 Å². The number of para-hydroxylation sites is 2. The lowest BCUT2D eigenvalue weighted by molar-refractivity contribution is 0.266. The lowest BCUT2D eigenvalue weighted by Gasteiger charge is -2.14. The maximum Gasteiger partial charge on any atom is 0.209 e. The number of hydrogen-bond acceptors (Lipinski definition) is 3. The predicted molar refractivity (Wildman–Crippen MR) is 60.6 cm³/mol. The Bertz CT molecular complexity index is 399. The van der Waals surface area contributed by atoms with Crippen LogP contribution in [0.5, 0.6) is 0 Å². The molecule has 1 aromatic carbocycles. The second kappa shape index (κ2) is 4.45. The van der Waals surface area contributed by atoms with Gasteiger partial charge in [0.25, 0.3) is 0 Å². The van der Waals surface area contributed by atoms with E-state index in [1.54, 1.807) is 0 Å². The van der Waals surface area contributed by atoms with Gasteiger partial charge in [-0.2, -0.15) is 0 Å². The van der Waals surface area contributed by atoms with E-state index in [1.165, 1.54) is 0 Å². The molecule has 0 fully saturated rings. The Morgan fingerprint density at radius 2 is 1.93 bits per heavy atom. The van der Waals surface area contributed by atoms with Crippen LogP contribution in [0.15, 0.2) is 28.7 Å². The van der Waals surface area contributed by atoms with Gasteiger partial charge >= 0.3 is 0 Å². The Morgan fingerprint density at radius 1 is 1.20 bits per heavy atom. The van der Waals surface area contributed by atoms with Crippen molar-refractivity contribution in [1.82, 2.24) is 9.88 Å². The van der Waals surface area contributed by atoms with Crippen LogP contribution in [0, 0.1) is 0 Å². The first kappa shape index (κ1) is 10.2. The molecule has 0 radical (unpaired) electrons. The standard InChI is InChI=1S/C12H16N2O/c1-3-14(4-2)9-12-13-10-7-5-6-8-11(10)15-12/h5-8H,3-4,9H2,1-2H3. The number of oxazole rings is 1. The normalized spacial score (nSPS) is 11.4. The van der Waals surface area contributed by atoms with Crippen LogP contribution in [-0.2, 0) is 6.54 Å². The fourth-order valence-corrected chi connectivity index (χ4v) is 1.63. The third-order valence-electron chi connectivity index (χ3n) is 2.59. The molecule has 0 saturated carbocycles. The van der Waals surface area contributed by atoms with Crippen molar-refractivity contribution in [3.8, 4) is 0 Å². The molecule has 3 heteroatoms. The Kier molecular flexibility index (Phi) is 3.02. The van der Waals surface area contributed by atoms with Gasteiger partial charge in [0.1, 0.15) is 5.52 Å². The summed E-state index contributed by atoms with van der Waals surface area (Å²) in [5.41, 5.74) is 1.82. The van der Waals surface area contributed by atoms with E-state index in [2.05, 4.69) is 23.7 Å². The molecule has 1 heterocycles. The van der Waals surface area contributed by atoms with Gasteiger partial charge in [-0.05, 0) is 25.2 Å². The molecule has 0 aliphatic rings. The molecule has 0 unspecified atom stereocenters. The van der Waals surface area contributed by atoms with Crippen LogP contribution >= 0.6 is 0 Å². The minimum Gasteiger partial charge on any atom is -0.439 e. The van der Waals surface area contributed by atoms with Crippen molar-refractivity contribution in [2.45, 2.75) is 20.4 Å². The van der Waals surface area contributed by atoms with Gasteiger partial charge in [0, 0.05) is 0 Å². The molecule has 0 amide bonds. The summed E-state index contributed by atoms with van der Waals surface area (Å²) >= 11 is 0. The van der Waals surface area contributed by atoms with Crippen molar-refractivity contribution >= 4 is 11.1 Å². The number of aromatic nitrogens is 1. The fraction of sp³-hybridized carbons (Fsp3) is 0.417. The van der Waals surface area contributed by atoms with Gasteiger partial charge in [-0.15, -0.1) is 0 Å². The Labute approximate surface area is 89.7 Å². The summed E-state index contributed by atoms with van der Waals surface area (Å²) in [6, 6.07) is 7.87. The number of rotatable bonds is 4. The quantitative estimate of drug-likeness (QED) is 0.766. The zero-order valence-corrected chi connectivity index (χ0v) is 9.23. The van der Waals surface area contributed by atoms with E-state index in [0.717, 1.165) is 36.6 Å². The summed E-state index contributed by atoms with van der Waals surface area (Å²) < 4.78 is 5.65. The molecule has 0 aliphatic carbocycles. The van der Waals surface area contributed by atoms with Crippen molar-refractivity contribution in [3.63, 3.8) is 0 Å². The van der Waals surface area contributed by atoms with E-state index in [-0.39, 0.29) is 0 Å². The van der Waals surface area contributed by atoms with Crippen LogP contribution in [0.2, 0.25) is 0 Å². The SMILES string of the molecule is CCN(CC)Cc1nc2ccccc2o1. The third-order valence-corrected chi connectivity index (χ3v) is 2.59. The second-order valence-corrected chi connectivity index (χ2v) is 3.54. The number of fused-ring (bicyclic) bond motifs is 1. The molecule has 2 rings (SSSR count). The fourth-order valence-electron chi connectivity index (χ4n) is 1.63. The second-order valence-electron chi connectivity index (χ2n) is 3.54. The summed E-state index contributed by atoms with van der Waals surface area (Å²) in [4.78, 5) is 6.72. The number of hydrogen-bond donors (Lipinski definition) is 0. The summed E-state index contributed by atoms with van der Waals surface area (Å²) in [5, 5.41) is 0. The summed E-state index contributed by atoms with van der Waals surface area (Å²) in [7, 11) is 0. The van der Waals surface area contributed by atoms with Gasteiger partial charge in [0.2, 0.25) is 5.89 Å². The first-order chi connectivity index (χ1) is 7.33. The highest BCUT2D eigenvalue weighted by Gasteiger charge is 2.07. The molecule has 0 bridgehead atoms. The van der Waals surface area contributed by atoms with E-state index in [1.807, 2.05) is 24.3 Å². The first-order valence-corrected chi connectivity index (χ1v) is 5.40. The molecular formula is C12H16N2O. The van der Waals surface area contributed by atoms with Crippen LogP contribution < -0.4 is 0 Å². The molecule has 2 aromatic rings. The van der Waals surface area contributed by atoms with Crippen LogP contribution in [0.25, 0.3) is 11.1 Å². The van der Waals surface area contributed by atoms with E-state index < -0.39 is 0 Å². The first-order valence-electron chi connectivity index (χ1n) is 5.40.